The number of nitrogens with one attached hydrogen (secondary N) is 3. The van der Waals surface area contributed by atoms with Gasteiger partial charge in [0.2, 0.25) is 5.95 Å². The fraction of sp³-hybridized carbons (Fsp3) is 0.529. The quantitative estimate of drug-likeness (QED) is 0.661. The molecule has 2 aromatic rings. The third kappa shape index (κ3) is 5.14. The molecule has 1 amide bonds. The minimum atomic E-state index is -0.912. The second kappa shape index (κ2) is 7.67. The lowest BCUT2D eigenvalue weighted by atomic mass is 10.0. The highest BCUT2D eigenvalue weighted by Gasteiger charge is 2.38. The first-order valence-electron chi connectivity index (χ1n) is 8.74. The second-order valence-corrected chi connectivity index (χ2v) is 7.03. The summed E-state index contributed by atoms with van der Waals surface area (Å²) in [6, 6.07) is 1.99. The maximum atomic E-state index is 12.6. The van der Waals surface area contributed by atoms with Crippen LogP contribution in [0.1, 0.15) is 57.1 Å². The summed E-state index contributed by atoms with van der Waals surface area (Å²) in [5.41, 5.74) is 1.08. The Balaban J connectivity index is 0.000000206. The predicted octanol–water partition coefficient (Wildman–Crippen LogP) is 3.55. The van der Waals surface area contributed by atoms with Crippen LogP contribution in [0.2, 0.25) is 0 Å². The average Bonchev–Trinajstić information content (AvgIpc) is 3.02. The molecule has 8 nitrogen and oxygen atoms in total. The molecular formula is C17H23FN6O2. The van der Waals surface area contributed by atoms with Gasteiger partial charge in [-0.15, -0.1) is 0 Å². The van der Waals surface area contributed by atoms with E-state index >= 15 is 0 Å². The molecule has 0 unspecified atom stereocenters. The van der Waals surface area contributed by atoms with Gasteiger partial charge in [0.05, 0.1) is 12.4 Å². The number of amides is 1. The number of H-pyrrole nitrogens is 1. The van der Waals surface area contributed by atoms with Crippen LogP contribution in [0.25, 0.3) is 0 Å². The van der Waals surface area contributed by atoms with E-state index in [4.69, 9.17) is 5.11 Å². The summed E-state index contributed by atoms with van der Waals surface area (Å²) in [6.45, 7) is 1.90. The maximum absolute atomic E-state index is 12.6. The Morgan fingerprint density at radius 2 is 2.00 bits per heavy atom. The smallest absolute Gasteiger partial charge is 0.405 e. The molecule has 9 heteroatoms. The molecule has 0 aromatic carbocycles. The van der Waals surface area contributed by atoms with E-state index < -0.39 is 12.0 Å². The zero-order valence-electron chi connectivity index (χ0n) is 14.6. The monoisotopic (exact) mass is 362 g/mol. The Morgan fingerprint density at radius 3 is 2.54 bits per heavy atom. The molecule has 0 saturated heterocycles. The van der Waals surface area contributed by atoms with Crippen LogP contribution in [0.5, 0.6) is 0 Å². The van der Waals surface area contributed by atoms with E-state index in [1.807, 2.05) is 13.0 Å². The molecule has 0 radical (unpaired) electrons. The first-order valence-corrected chi connectivity index (χ1v) is 8.74. The highest BCUT2D eigenvalue weighted by Crippen LogP contribution is 2.34. The predicted molar refractivity (Wildman–Crippen MR) is 93.9 cm³/mol. The normalized spacial score (nSPS) is 17.9. The van der Waals surface area contributed by atoms with E-state index in [-0.39, 0.29) is 5.54 Å². The summed E-state index contributed by atoms with van der Waals surface area (Å²) in [5, 5.41) is 20.8. The second-order valence-electron chi connectivity index (χ2n) is 7.03. The lowest BCUT2D eigenvalue weighted by molar-refractivity contribution is 0.189. The Labute approximate surface area is 150 Å². The summed E-state index contributed by atoms with van der Waals surface area (Å²) in [5.74, 6) is 1.18. The topological polar surface area (TPSA) is 116 Å². The van der Waals surface area contributed by atoms with Crippen LogP contribution in [0.3, 0.4) is 0 Å². The van der Waals surface area contributed by atoms with Crippen molar-refractivity contribution in [3.63, 3.8) is 0 Å². The Kier molecular flexibility index (Phi) is 5.34. The number of halogens is 1. The van der Waals surface area contributed by atoms with Crippen molar-refractivity contribution in [1.82, 2.24) is 25.5 Å². The molecule has 4 rings (SSSR count). The van der Waals surface area contributed by atoms with E-state index in [2.05, 4.69) is 30.8 Å². The lowest BCUT2D eigenvalue weighted by Crippen LogP contribution is -2.32. The van der Waals surface area contributed by atoms with E-state index in [1.165, 1.54) is 31.9 Å². The summed E-state index contributed by atoms with van der Waals surface area (Å²) in [4.78, 5) is 17.4. The van der Waals surface area contributed by atoms with Gasteiger partial charge in [0.15, 0.2) is 5.82 Å². The summed E-state index contributed by atoms with van der Waals surface area (Å²) in [7, 11) is 0. The van der Waals surface area contributed by atoms with Crippen molar-refractivity contribution in [2.75, 3.05) is 5.32 Å². The summed E-state index contributed by atoms with van der Waals surface area (Å²) in [6.07, 6.45) is 8.50. The largest absolute Gasteiger partial charge is 0.465 e. The minimum Gasteiger partial charge on any atom is -0.465 e. The van der Waals surface area contributed by atoms with Gasteiger partial charge in [0, 0.05) is 23.2 Å². The standard InChI is InChI=1S/C12H14FN5.C5H9NO2/c13-10-6-15-12(7-14-10)16-11-5-9(17-18-11)8-3-1-2-4-8;1-5(2-3-5)6-4(7)8/h5-8H,1-4H2,(H2,15,16,17,18);6H,2-3H2,1H3,(H,7,8). The molecular weight excluding hydrogens is 339 g/mol. The van der Waals surface area contributed by atoms with Gasteiger partial charge >= 0.3 is 6.09 Å². The molecule has 0 spiro atoms. The van der Waals surface area contributed by atoms with Crippen molar-refractivity contribution in [2.24, 2.45) is 0 Å². The third-order valence-electron chi connectivity index (χ3n) is 4.68. The van der Waals surface area contributed by atoms with Crippen molar-refractivity contribution in [2.45, 2.75) is 56.9 Å². The number of aromatic amines is 1. The fourth-order valence-corrected chi connectivity index (χ4v) is 2.93. The molecule has 2 fully saturated rings. The number of rotatable bonds is 4. The van der Waals surface area contributed by atoms with Crippen molar-refractivity contribution < 1.29 is 14.3 Å². The molecule has 2 aliphatic carbocycles. The molecule has 140 valence electrons. The van der Waals surface area contributed by atoms with Crippen LogP contribution in [0, 0.1) is 5.95 Å². The number of nitrogens with zero attached hydrogens (tertiary/aromatic N) is 3. The van der Waals surface area contributed by atoms with E-state index in [1.54, 1.807) is 0 Å². The van der Waals surface area contributed by atoms with Gasteiger partial charge in [-0.2, -0.15) is 9.49 Å². The van der Waals surface area contributed by atoms with Gasteiger partial charge in [-0.1, -0.05) is 12.8 Å². The fourth-order valence-electron chi connectivity index (χ4n) is 2.93. The number of aromatic nitrogens is 4. The van der Waals surface area contributed by atoms with Gasteiger partial charge in [0.1, 0.15) is 5.82 Å². The van der Waals surface area contributed by atoms with Crippen LogP contribution in [0.4, 0.5) is 20.8 Å². The molecule has 0 bridgehead atoms. The van der Waals surface area contributed by atoms with Crippen LogP contribution < -0.4 is 10.6 Å². The molecule has 0 aliphatic heterocycles. The summed E-state index contributed by atoms with van der Waals surface area (Å²) >= 11 is 0. The first-order chi connectivity index (χ1) is 12.4. The number of hydrogen-bond acceptors (Lipinski definition) is 5. The van der Waals surface area contributed by atoms with E-state index in [0.717, 1.165) is 24.7 Å². The molecule has 2 aliphatic rings. The SMILES string of the molecule is CC1(NC(=O)O)CC1.Fc1cnc(Nc2cc(C3CCCC3)[nH]n2)cn1. The molecule has 2 aromatic heterocycles. The highest BCUT2D eigenvalue weighted by molar-refractivity contribution is 5.66. The first kappa shape index (κ1) is 18.1. The zero-order chi connectivity index (χ0) is 18.6. The average molecular weight is 362 g/mol. The molecule has 2 heterocycles. The van der Waals surface area contributed by atoms with Crippen LogP contribution in [0.15, 0.2) is 18.5 Å². The molecule has 26 heavy (non-hydrogen) atoms. The number of carboxylic acid groups (broad SMARTS) is 1. The Morgan fingerprint density at radius 1 is 1.27 bits per heavy atom. The number of anilines is 2. The third-order valence-corrected chi connectivity index (χ3v) is 4.68. The van der Waals surface area contributed by atoms with Crippen molar-refractivity contribution in [1.29, 1.82) is 0 Å². The molecule has 0 atom stereocenters. The Bertz CT molecular complexity index is 738. The molecule has 4 N–H and O–H groups in total. The highest BCUT2D eigenvalue weighted by atomic mass is 19.1. The number of carbonyl (C=O) groups is 1. The maximum Gasteiger partial charge on any atom is 0.405 e. The van der Waals surface area contributed by atoms with Crippen molar-refractivity contribution in [3.05, 3.63) is 30.1 Å². The van der Waals surface area contributed by atoms with Gasteiger partial charge in [-0.05, 0) is 32.6 Å². The van der Waals surface area contributed by atoms with Crippen LogP contribution in [-0.2, 0) is 0 Å². The number of hydrogen-bond donors (Lipinski definition) is 4. The van der Waals surface area contributed by atoms with Gasteiger partial charge in [0.25, 0.3) is 0 Å². The zero-order valence-corrected chi connectivity index (χ0v) is 14.6. The van der Waals surface area contributed by atoms with Gasteiger partial charge in [-0.25, -0.2) is 14.8 Å². The Hall–Kier alpha value is -2.71. The van der Waals surface area contributed by atoms with E-state index in [9.17, 15) is 9.18 Å². The van der Waals surface area contributed by atoms with Gasteiger partial charge < -0.3 is 15.7 Å². The molecule has 2 saturated carbocycles. The lowest BCUT2D eigenvalue weighted by Gasteiger charge is -2.04. The minimum absolute atomic E-state index is 0.0775. The van der Waals surface area contributed by atoms with E-state index in [0.29, 0.717) is 17.6 Å². The van der Waals surface area contributed by atoms with Crippen molar-refractivity contribution in [3.8, 4) is 0 Å². The summed E-state index contributed by atoms with van der Waals surface area (Å²) < 4.78 is 12.6. The van der Waals surface area contributed by atoms with Gasteiger partial charge in [-0.3, -0.25) is 5.10 Å². The van der Waals surface area contributed by atoms with Crippen LogP contribution >= 0.6 is 0 Å². The van der Waals surface area contributed by atoms with Crippen LogP contribution in [-0.4, -0.2) is 36.9 Å². The van der Waals surface area contributed by atoms with Crippen molar-refractivity contribution >= 4 is 17.7 Å².